The first-order valence-corrected chi connectivity index (χ1v) is 6.08. The molecule has 3 N–H and O–H groups in total. The standard InChI is InChI=1S/C11H10BrClN4/c12-8-3-1-2-7(4-8)5-15-10-9(13)6-16-11(14)17-10/h1-4,6H,5H2,(H3,14,15,16,17). The van der Waals surface area contributed by atoms with E-state index in [4.69, 9.17) is 17.3 Å². The minimum absolute atomic E-state index is 0.200. The molecule has 0 amide bonds. The van der Waals surface area contributed by atoms with Crippen molar-refractivity contribution < 1.29 is 0 Å². The summed E-state index contributed by atoms with van der Waals surface area (Å²) >= 11 is 9.36. The van der Waals surface area contributed by atoms with E-state index in [9.17, 15) is 0 Å². The number of nitrogen functional groups attached to an aromatic ring is 1. The van der Waals surface area contributed by atoms with Gasteiger partial charge in [-0.3, -0.25) is 0 Å². The van der Waals surface area contributed by atoms with Gasteiger partial charge in [-0.05, 0) is 17.7 Å². The second-order valence-electron chi connectivity index (χ2n) is 3.41. The summed E-state index contributed by atoms with van der Waals surface area (Å²) in [6.07, 6.45) is 1.48. The SMILES string of the molecule is Nc1ncc(Cl)c(NCc2cccc(Br)c2)n1. The van der Waals surface area contributed by atoms with Crippen molar-refractivity contribution in [3.05, 3.63) is 45.5 Å². The van der Waals surface area contributed by atoms with Gasteiger partial charge in [0.1, 0.15) is 5.02 Å². The van der Waals surface area contributed by atoms with E-state index in [-0.39, 0.29) is 5.95 Å². The number of hydrogen-bond donors (Lipinski definition) is 2. The molecule has 0 bridgehead atoms. The van der Waals surface area contributed by atoms with Gasteiger partial charge in [0, 0.05) is 11.0 Å². The maximum Gasteiger partial charge on any atom is 0.222 e. The highest BCUT2D eigenvalue weighted by Crippen LogP contribution is 2.19. The first-order valence-electron chi connectivity index (χ1n) is 4.91. The van der Waals surface area contributed by atoms with E-state index < -0.39 is 0 Å². The van der Waals surface area contributed by atoms with Crippen molar-refractivity contribution in [2.75, 3.05) is 11.1 Å². The number of rotatable bonds is 3. The van der Waals surface area contributed by atoms with Crippen molar-refractivity contribution in [2.24, 2.45) is 0 Å². The molecule has 0 radical (unpaired) electrons. The van der Waals surface area contributed by atoms with Gasteiger partial charge in [0.05, 0.1) is 6.20 Å². The van der Waals surface area contributed by atoms with Crippen LogP contribution in [0.2, 0.25) is 5.02 Å². The molecular formula is C11H10BrClN4. The lowest BCUT2D eigenvalue weighted by Gasteiger charge is -2.07. The van der Waals surface area contributed by atoms with Crippen LogP contribution >= 0.6 is 27.5 Å². The van der Waals surface area contributed by atoms with Crippen LogP contribution in [0.5, 0.6) is 0 Å². The van der Waals surface area contributed by atoms with Crippen molar-refractivity contribution in [3.8, 4) is 0 Å². The van der Waals surface area contributed by atoms with E-state index in [1.807, 2.05) is 24.3 Å². The Kier molecular flexibility index (Phi) is 3.81. The number of aromatic nitrogens is 2. The van der Waals surface area contributed by atoms with E-state index in [1.165, 1.54) is 6.20 Å². The van der Waals surface area contributed by atoms with Crippen LogP contribution in [-0.4, -0.2) is 9.97 Å². The summed E-state index contributed by atoms with van der Waals surface area (Å²) in [4.78, 5) is 7.82. The summed E-state index contributed by atoms with van der Waals surface area (Å²) in [6.45, 7) is 0.621. The molecule has 0 unspecified atom stereocenters. The average molecular weight is 314 g/mol. The molecule has 17 heavy (non-hydrogen) atoms. The predicted molar refractivity (Wildman–Crippen MR) is 72.9 cm³/mol. The monoisotopic (exact) mass is 312 g/mol. The van der Waals surface area contributed by atoms with Gasteiger partial charge in [0.2, 0.25) is 5.95 Å². The van der Waals surface area contributed by atoms with Gasteiger partial charge >= 0.3 is 0 Å². The molecule has 1 aromatic heterocycles. The van der Waals surface area contributed by atoms with Gasteiger partial charge in [0.15, 0.2) is 5.82 Å². The van der Waals surface area contributed by atoms with E-state index in [0.29, 0.717) is 17.4 Å². The molecule has 0 aliphatic carbocycles. The van der Waals surface area contributed by atoms with Crippen LogP contribution in [0.25, 0.3) is 0 Å². The van der Waals surface area contributed by atoms with Crippen LogP contribution in [0, 0.1) is 0 Å². The highest BCUT2D eigenvalue weighted by Gasteiger charge is 2.03. The summed E-state index contributed by atoms with van der Waals surface area (Å²) in [6, 6.07) is 7.97. The molecule has 6 heteroatoms. The molecule has 0 fully saturated rings. The van der Waals surface area contributed by atoms with Gasteiger partial charge in [-0.2, -0.15) is 4.98 Å². The topological polar surface area (TPSA) is 63.8 Å². The highest BCUT2D eigenvalue weighted by molar-refractivity contribution is 9.10. The quantitative estimate of drug-likeness (QED) is 0.914. The summed E-state index contributed by atoms with van der Waals surface area (Å²) in [5, 5.41) is 3.57. The molecule has 0 saturated carbocycles. The fourth-order valence-electron chi connectivity index (χ4n) is 1.34. The average Bonchev–Trinajstić information content (AvgIpc) is 2.30. The van der Waals surface area contributed by atoms with E-state index >= 15 is 0 Å². The third-order valence-corrected chi connectivity index (χ3v) is 2.88. The Balaban J connectivity index is 2.09. The van der Waals surface area contributed by atoms with Crippen molar-refractivity contribution >= 4 is 39.3 Å². The Bertz CT molecular complexity index is 533. The van der Waals surface area contributed by atoms with Crippen molar-refractivity contribution in [3.63, 3.8) is 0 Å². The lowest BCUT2D eigenvalue weighted by atomic mass is 10.2. The number of anilines is 2. The van der Waals surface area contributed by atoms with Crippen LogP contribution in [0.1, 0.15) is 5.56 Å². The lowest BCUT2D eigenvalue weighted by Crippen LogP contribution is -2.04. The smallest absolute Gasteiger partial charge is 0.222 e. The van der Waals surface area contributed by atoms with Gasteiger partial charge in [-0.15, -0.1) is 0 Å². The summed E-state index contributed by atoms with van der Waals surface area (Å²) in [7, 11) is 0. The fourth-order valence-corrected chi connectivity index (χ4v) is 1.94. The summed E-state index contributed by atoms with van der Waals surface area (Å²) in [5.74, 6) is 0.741. The van der Waals surface area contributed by atoms with Gasteiger partial charge in [-0.25, -0.2) is 4.98 Å². The maximum atomic E-state index is 5.94. The molecular weight excluding hydrogens is 304 g/mol. The molecule has 0 atom stereocenters. The van der Waals surface area contributed by atoms with Gasteiger partial charge in [0.25, 0.3) is 0 Å². The molecule has 88 valence electrons. The van der Waals surface area contributed by atoms with E-state index in [0.717, 1.165) is 10.0 Å². The highest BCUT2D eigenvalue weighted by atomic mass is 79.9. The largest absolute Gasteiger partial charge is 0.368 e. The Labute approximate surface area is 112 Å². The first-order chi connectivity index (χ1) is 8.15. The normalized spacial score (nSPS) is 10.2. The second kappa shape index (κ2) is 5.33. The summed E-state index contributed by atoms with van der Waals surface area (Å²) < 4.78 is 1.03. The zero-order chi connectivity index (χ0) is 12.3. The molecule has 0 saturated heterocycles. The molecule has 2 rings (SSSR count). The third kappa shape index (κ3) is 3.31. The molecule has 1 aromatic carbocycles. The Hall–Kier alpha value is -1.33. The predicted octanol–water partition coefficient (Wildman–Crippen LogP) is 3.09. The number of halogens is 2. The number of nitrogens with zero attached hydrogens (tertiary/aromatic N) is 2. The number of nitrogens with two attached hydrogens (primary N) is 1. The molecule has 4 nitrogen and oxygen atoms in total. The minimum atomic E-state index is 0.200. The molecule has 0 spiro atoms. The fraction of sp³-hybridized carbons (Fsp3) is 0.0909. The Morgan fingerprint density at radius 1 is 1.41 bits per heavy atom. The first kappa shape index (κ1) is 12.1. The molecule has 1 heterocycles. The number of nitrogens with one attached hydrogen (secondary N) is 1. The van der Waals surface area contributed by atoms with Crippen molar-refractivity contribution in [1.29, 1.82) is 0 Å². The Morgan fingerprint density at radius 2 is 2.24 bits per heavy atom. The van der Waals surface area contributed by atoms with Crippen molar-refractivity contribution in [1.82, 2.24) is 9.97 Å². The number of benzene rings is 1. The number of hydrogen-bond acceptors (Lipinski definition) is 4. The van der Waals surface area contributed by atoms with Crippen LogP contribution in [0.4, 0.5) is 11.8 Å². The minimum Gasteiger partial charge on any atom is -0.368 e. The van der Waals surface area contributed by atoms with Gasteiger partial charge < -0.3 is 11.1 Å². The van der Waals surface area contributed by atoms with Crippen molar-refractivity contribution in [2.45, 2.75) is 6.54 Å². The molecule has 2 aromatic rings. The second-order valence-corrected chi connectivity index (χ2v) is 4.73. The van der Waals surface area contributed by atoms with E-state index in [1.54, 1.807) is 0 Å². The van der Waals surface area contributed by atoms with Crippen LogP contribution in [-0.2, 0) is 6.54 Å². The van der Waals surface area contributed by atoms with E-state index in [2.05, 4.69) is 31.2 Å². The Morgan fingerprint density at radius 3 is 3.00 bits per heavy atom. The molecule has 0 aliphatic rings. The van der Waals surface area contributed by atoms with Crippen LogP contribution < -0.4 is 11.1 Å². The maximum absolute atomic E-state index is 5.94. The van der Waals surface area contributed by atoms with Crippen LogP contribution in [0.15, 0.2) is 34.9 Å². The van der Waals surface area contributed by atoms with Crippen LogP contribution in [0.3, 0.4) is 0 Å². The summed E-state index contributed by atoms with van der Waals surface area (Å²) in [5.41, 5.74) is 6.61. The zero-order valence-electron chi connectivity index (χ0n) is 8.82. The zero-order valence-corrected chi connectivity index (χ0v) is 11.2. The van der Waals surface area contributed by atoms with Gasteiger partial charge in [-0.1, -0.05) is 39.7 Å². The third-order valence-electron chi connectivity index (χ3n) is 2.11. The molecule has 0 aliphatic heterocycles. The lowest BCUT2D eigenvalue weighted by molar-refractivity contribution is 1.09.